The van der Waals surface area contributed by atoms with E-state index in [0.717, 1.165) is 11.1 Å². The Balaban J connectivity index is 1.85. The molecule has 0 radical (unpaired) electrons. The van der Waals surface area contributed by atoms with Gasteiger partial charge in [-0.05, 0) is 24.5 Å². The monoisotopic (exact) mass is 398 g/mol. The van der Waals surface area contributed by atoms with Crippen molar-refractivity contribution >= 4 is 11.9 Å². The second-order valence-corrected chi connectivity index (χ2v) is 5.95. The number of carbonyl (C=O) groups excluding carboxylic acids is 2. The molecule has 11 heteroatoms. The lowest BCUT2D eigenvalue weighted by Gasteiger charge is -2.29. The van der Waals surface area contributed by atoms with Crippen LogP contribution >= 0.6 is 0 Å². The normalized spacial score (nSPS) is 16.8. The predicted molar refractivity (Wildman–Crippen MR) is 79.7 cm³/mol. The minimum absolute atomic E-state index is 0.0843. The van der Waals surface area contributed by atoms with E-state index in [0.29, 0.717) is 0 Å². The number of nitrogens with zero attached hydrogens (tertiary/aromatic N) is 1. The molecule has 1 N–H and O–H groups in total. The maximum atomic E-state index is 12.9. The average Bonchev–Trinajstić information content (AvgIpc) is 2.59. The van der Waals surface area contributed by atoms with Gasteiger partial charge in [-0.1, -0.05) is 18.2 Å². The molecule has 1 aliphatic rings. The standard InChI is InChI=1S/C16H16F6N2O3/c17-15(18,19)12-4-2-1-3-11(12)9-23-13(25)10-5-7-24(8-6-10)27-14(26)16(20,21)22/h1-4,10H,5-9H2,(H,23,25). The first-order valence-electron chi connectivity index (χ1n) is 7.95. The Morgan fingerprint density at radius 3 is 2.22 bits per heavy atom. The van der Waals surface area contributed by atoms with Gasteiger partial charge in [0.05, 0.1) is 5.56 Å². The van der Waals surface area contributed by atoms with Crippen LogP contribution in [0.1, 0.15) is 24.0 Å². The van der Waals surface area contributed by atoms with E-state index in [1.807, 2.05) is 0 Å². The number of hydrogen-bond acceptors (Lipinski definition) is 4. The van der Waals surface area contributed by atoms with E-state index in [9.17, 15) is 35.9 Å². The van der Waals surface area contributed by atoms with Gasteiger partial charge < -0.3 is 10.2 Å². The van der Waals surface area contributed by atoms with Gasteiger partial charge in [0, 0.05) is 25.6 Å². The van der Waals surface area contributed by atoms with Crippen LogP contribution in [0.25, 0.3) is 0 Å². The highest BCUT2D eigenvalue weighted by Crippen LogP contribution is 2.31. The summed E-state index contributed by atoms with van der Waals surface area (Å²) < 4.78 is 75.2. The zero-order valence-electron chi connectivity index (χ0n) is 13.9. The van der Waals surface area contributed by atoms with Crippen LogP contribution in [0.3, 0.4) is 0 Å². The van der Waals surface area contributed by atoms with E-state index < -0.39 is 35.7 Å². The number of halogens is 6. The maximum absolute atomic E-state index is 12.9. The van der Waals surface area contributed by atoms with E-state index in [1.165, 1.54) is 18.2 Å². The lowest BCUT2D eigenvalue weighted by molar-refractivity contribution is -0.242. The largest absolute Gasteiger partial charge is 0.492 e. The van der Waals surface area contributed by atoms with Crippen LogP contribution in [0.15, 0.2) is 24.3 Å². The zero-order valence-corrected chi connectivity index (χ0v) is 13.9. The van der Waals surface area contributed by atoms with Gasteiger partial charge in [-0.3, -0.25) is 4.79 Å². The second kappa shape index (κ2) is 8.15. The number of piperidine rings is 1. The molecular formula is C16H16F6N2O3. The van der Waals surface area contributed by atoms with Gasteiger partial charge in [0.2, 0.25) is 5.91 Å². The van der Waals surface area contributed by atoms with E-state index in [2.05, 4.69) is 10.2 Å². The quantitative estimate of drug-likeness (QED) is 0.793. The van der Waals surface area contributed by atoms with Gasteiger partial charge in [0.1, 0.15) is 0 Å². The van der Waals surface area contributed by atoms with Gasteiger partial charge in [-0.25, -0.2) is 4.79 Å². The van der Waals surface area contributed by atoms with Gasteiger partial charge in [0.15, 0.2) is 0 Å². The molecule has 150 valence electrons. The third kappa shape index (κ3) is 5.84. The van der Waals surface area contributed by atoms with Crippen LogP contribution in [0.5, 0.6) is 0 Å². The summed E-state index contributed by atoms with van der Waals surface area (Å²) in [5.41, 5.74) is -0.936. The Hall–Kier alpha value is -2.30. The van der Waals surface area contributed by atoms with E-state index in [1.54, 1.807) is 0 Å². The first-order valence-corrected chi connectivity index (χ1v) is 7.95. The van der Waals surface area contributed by atoms with Crippen LogP contribution in [-0.2, 0) is 27.1 Å². The van der Waals surface area contributed by atoms with Crippen LogP contribution < -0.4 is 5.32 Å². The van der Waals surface area contributed by atoms with Crippen molar-refractivity contribution in [1.82, 2.24) is 10.4 Å². The maximum Gasteiger partial charge on any atom is 0.492 e. The lowest BCUT2D eigenvalue weighted by Crippen LogP contribution is -2.43. The summed E-state index contributed by atoms with van der Waals surface area (Å²) >= 11 is 0. The SMILES string of the molecule is O=C(NCc1ccccc1C(F)(F)F)C1CCN(OC(=O)C(F)(F)F)CC1. The molecular weight excluding hydrogens is 382 g/mol. The molecule has 1 fully saturated rings. The first-order chi connectivity index (χ1) is 12.5. The van der Waals surface area contributed by atoms with Crippen molar-refractivity contribution in [2.45, 2.75) is 31.7 Å². The third-order valence-corrected chi connectivity index (χ3v) is 4.04. The Kier molecular flexibility index (Phi) is 6.34. The number of hydroxylamine groups is 2. The number of amides is 1. The highest BCUT2D eigenvalue weighted by atomic mass is 19.4. The van der Waals surface area contributed by atoms with Crippen molar-refractivity contribution in [3.05, 3.63) is 35.4 Å². The fraction of sp³-hybridized carbons (Fsp3) is 0.500. The summed E-state index contributed by atoms with van der Waals surface area (Å²) in [5.74, 6) is -3.44. The molecule has 27 heavy (non-hydrogen) atoms. The Bertz CT molecular complexity index is 681. The van der Waals surface area contributed by atoms with Crippen molar-refractivity contribution < 1.29 is 40.8 Å². The molecule has 5 nitrogen and oxygen atoms in total. The smallest absolute Gasteiger partial charge is 0.361 e. The fourth-order valence-corrected chi connectivity index (χ4v) is 2.66. The van der Waals surface area contributed by atoms with Crippen molar-refractivity contribution in [3.8, 4) is 0 Å². The molecule has 0 saturated carbocycles. The number of benzene rings is 1. The Morgan fingerprint density at radius 2 is 1.67 bits per heavy atom. The van der Waals surface area contributed by atoms with Crippen LogP contribution in [0, 0.1) is 5.92 Å². The van der Waals surface area contributed by atoms with E-state index >= 15 is 0 Å². The second-order valence-electron chi connectivity index (χ2n) is 5.95. The van der Waals surface area contributed by atoms with Crippen molar-refractivity contribution in [1.29, 1.82) is 0 Å². The number of nitrogens with one attached hydrogen (secondary N) is 1. The fourth-order valence-electron chi connectivity index (χ4n) is 2.66. The topological polar surface area (TPSA) is 58.6 Å². The molecule has 1 heterocycles. The average molecular weight is 398 g/mol. The summed E-state index contributed by atoms with van der Waals surface area (Å²) in [4.78, 5) is 27.1. The Labute approximate surface area is 150 Å². The molecule has 0 aliphatic carbocycles. The number of hydrogen-bond donors (Lipinski definition) is 1. The molecule has 0 bridgehead atoms. The summed E-state index contributed by atoms with van der Waals surface area (Å²) in [6.07, 6.45) is -9.44. The van der Waals surface area contributed by atoms with E-state index in [4.69, 9.17) is 0 Å². The predicted octanol–water partition coefficient (Wildman–Crippen LogP) is 3.05. The van der Waals surface area contributed by atoms with Gasteiger partial charge in [-0.2, -0.15) is 26.3 Å². The van der Waals surface area contributed by atoms with E-state index in [-0.39, 0.29) is 38.0 Å². The van der Waals surface area contributed by atoms with Crippen LogP contribution in [0.4, 0.5) is 26.3 Å². The Morgan fingerprint density at radius 1 is 1.07 bits per heavy atom. The number of rotatable bonds is 4. The van der Waals surface area contributed by atoms with Crippen LogP contribution in [0.2, 0.25) is 0 Å². The van der Waals surface area contributed by atoms with Gasteiger partial charge in [-0.15, -0.1) is 5.06 Å². The van der Waals surface area contributed by atoms with Crippen molar-refractivity contribution in [2.24, 2.45) is 5.92 Å². The summed E-state index contributed by atoms with van der Waals surface area (Å²) in [5, 5.41) is 3.23. The summed E-state index contributed by atoms with van der Waals surface area (Å²) in [6.45, 7) is -0.490. The molecule has 1 aromatic rings. The minimum atomic E-state index is -5.11. The molecule has 0 unspecified atom stereocenters. The number of alkyl halides is 6. The summed E-state index contributed by atoms with van der Waals surface area (Å²) in [7, 11) is 0. The molecule has 1 saturated heterocycles. The third-order valence-electron chi connectivity index (χ3n) is 4.04. The molecule has 2 rings (SSSR count). The molecule has 0 aromatic heterocycles. The van der Waals surface area contributed by atoms with Gasteiger partial charge in [0.25, 0.3) is 0 Å². The number of carbonyl (C=O) groups is 2. The molecule has 0 spiro atoms. The molecule has 1 aromatic carbocycles. The first kappa shape index (κ1) is 21.0. The molecule has 0 atom stereocenters. The summed E-state index contributed by atoms with van der Waals surface area (Å²) in [6, 6.07) is 4.83. The van der Waals surface area contributed by atoms with Crippen molar-refractivity contribution in [2.75, 3.05) is 13.1 Å². The highest BCUT2D eigenvalue weighted by Gasteiger charge is 2.43. The zero-order chi connectivity index (χ0) is 20.2. The van der Waals surface area contributed by atoms with Crippen LogP contribution in [-0.4, -0.2) is 36.2 Å². The van der Waals surface area contributed by atoms with Crippen molar-refractivity contribution in [3.63, 3.8) is 0 Å². The lowest BCUT2D eigenvalue weighted by atomic mass is 9.96. The van der Waals surface area contributed by atoms with Gasteiger partial charge >= 0.3 is 18.3 Å². The molecule has 1 aliphatic heterocycles. The molecule has 1 amide bonds. The highest BCUT2D eigenvalue weighted by molar-refractivity contribution is 5.79. The minimum Gasteiger partial charge on any atom is -0.361 e.